The number of likely N-dealkylation sites (tertiary alicyclic amines) is 1. The molecule has 0 radical (unpaired) electrons. The molecule has 1 aliphatic rings. The van der Waals surface area contributed by atoms with Gasteiger partial charge >= 0.3 is 6.18 Å². The van der Waals surface area contributed by atoms with Crippen LogP contribution in [-0.4, -0.2) is 30.4 Å². The summed E-state index contributed by atoms with van der Waals surface area (Å²) in [5, 5.41) is 2.36. The number of hydrogen-bond donors (Lipinski definition) is 1. The summed E-state index contributed by atoms with van der Waals surface area (Å²) in [6, 6.07) is 12.6. The number of rotatable bonds is 4. The number of nitrogens with one attached hydrogen (secondary N) is 1. The Morgan fingerprint density at radius 2 is 1.83 bits per heavy atom. The zero-order chi connectivity index (χ0) is 20.3. The van der Waals surface area contributed by atoms with Crippen molar-refractivity contribution in [1.29, 1.82) is 0 Å². The fourth-order valence-corrected chi connectivity index (χ4v) is 4.05. The number of carbonyl (C=O) groups is 1. The van der Waals surface area contributed by atoms with Crippen LogP contribution in [0, 0.1) is 0 Å². The summed E-state index contributed by atoms with van der Waals surface area (Å²) in [7, 11) is 2.00. The second-order valence-electron chi connectivity index (χ2n) is 7.07. The number of alkyl halides is 3. The van der Waals surface area contributed by atoms with E-state index in [1.807, 2.05) is 37.4 Å². The van der Waals surface area contributed by atoms with Crippen LogP contribution in [0.5, 0.6) is 0 Å². The Balaban J connectivity index is 0.00000300. The first-order chi connectivity index (χ1) is 13.3. The Bertz CT molecular complexity index is 830. The first-order valence-electron chi connectivity index (χ1n) is 9.21. The number of hydrogen-bond acceptors (Lipinski definition) is 2. The van der Waals surface area contributed by atoms with Crippen LogP contribution in [0.15, 0.2) is 48.5 Å². The van der Waals surface area contributed by atoms with Crippen LogP contribution in [0.25, 0.3) is 0 Å². The Hall–Kier alpha value is -1.76. The van der Waals surface area contributed by atoms with E-state index in [1.165, 1.54) is 12.1 Å². The summed E-state index contributed by atoms with van der Waals surface area (Å²) in [5.41, 5.74) is -0.263. The van der Waals surface area contributed by atoms with Gasteiger partial charge in [-0.15, -0.1) is 12.4 Å². The second kappa shape index (κ2) is 9.83. The molecule has 1 heterocycles. The Morgan fingerprint density at radius 3 is 2.45 bits per heavy atom. The lowest BCUT2D eigenvalue weighted by atomic mass is 9.91. The second-order valence-corrected chi connectivity index (χ2v) is 7.45. The van der Waals surface area contributed by atoms with Gasteiger partial charge in [0.1, 0.15) is 0 Å². The normalized spacial score (nSPS) is 18.6. The standard InChI is InChI=1S/C21H22ClF3N2O.ClH/c1-27-13-6-5-12-17(27)19(14-8-3-2-4-9-14)26-20(28)15-10-7-11-16(18(15)22)21(23,24)25;/h2-4,7-11,17,19H,5-6,12-13H2,1H3,(H,26,28);1H/t17-,19-;/m0./s1. The fourth-order valence-electron chi connectivity index (χ4n) is 3.73. The highest BCUT2D eigenvalue weighted by atomic mass is 35.5. The molecule has 1 amide bonds. The highest BCUT2D eigenvalue weighted by Gasteiger charge is 2.36. The molecule has 0 unspecified atom stereocenters. The predicted molar refractivity (Wildman–Crippen MR) is 111 cm³/mol. The average molecular weight is 447 g/mol. The largest absolute Gasteiger partial charge is 0.417 e. The molecule has 2 aromatic carbocycles. The molecule has 3 nitrogen and oxygen atoms in total. The molecule has 0 bridgehead atoms. The van der Waals surface area contributed by atoms with E-state index in [4.69, 9.17) is 11.6 Å². The van der Waals surface area contributed by atoms with Crippen LogP contribution >= 0.6 is 24.0 Å². The van der Waals surface area contributed by atoms with Crippen LogP contribution in [0.2, 0.25) is 5.02 Å². The minimum absolute atomic E-state index is 0. The third kappa shape index (κ3) is 5.44. The quantitative estimate of drug-likeness (QED) is 0.649. The summed E-state index contributed by atoms with van der Waals surface area (Å²) in [6.45, 7) is 0.911. The number of piperidine rings is 1. The van der Waals surface area contributed by atoms with Crippen LogP contribution in [0.4, 0.5) is 13.2 Å². The molecule has 0 aromatic heterocycles. The summed E-state index contributed by atoms with van der Waals surface area (Å²) < 4.78 is 39.4. The molecule has 158 valence electrons. The maximum absolute atomic E-state index is 13.1. The molecule has 29 heavy (non-hydrogen) atoms. The maximum Gasteiger partial charge on any atom is 0.417 e. The smallest absolute Gasteiger partial charge is 0.344 e. The molecular weight excluding hydrogens is 424 g/mol. The molecule has 3 rings (SSSR count). The zero-order valence-corrected chi connectivity index (χ0v) is 17.4. The molecule has 0 spiro atoms. The van der Waals surface area contributed by atoms with E-state index in [0.717, 1.165) is 37.4 Å². The molecule has 1 fully saturated rings. The van der Waals surface area contributed by atoms with Gasteiger partial charge in [0.2, 0.25) is 0 Å². The van der Waals surface area contributed by atoms with Crippen LogP contribution in [0.3, 0.4) is 0 Å². The van der Waals surface area contributed by atoms with Crippen molar-refractivity contribution in [3.63, 3.8) is 0 Å². The van der Waals surface area contributed by atoms with Gasteiger partial charge in [0.15, 0.2) is 0 Å². The van der Waals surface area contributed by atoms with Crippen molar-refractivity contribution < 1.29 is 18.0 Å². The molecule has 1 N–H and O–H groups in total. The van der Waals surface area contributed by atoms with Gasteiger partial charge in [0, 0.05) is 6.04 Å². The van der Waals surface area contributed by atoms with Gasteiger partial charge in [-0.25, -0.2) is 0 Å². The lowest BCUT2D eigenvalue weighted by molar-refractivity contribution is -0.137. The summed E-state index contributed by atoms with van der Waals surface area (Å²) in [5.74, 6) is -0.607. The Kier molecular flexibility index (Phi) is 7.97. The number of amides is 1. The van der Waals surface area contributed by atoms with Crippen molar-refractivity contribution in [1.82, 2.24) is 10.2 Å². The highest BCUT2D eigenvalue weighted by molar-refractivity contribution is 6.34. The molecule has 2 atom stereocenters. The summed E-state index contributed by atoms with van der Waals surface area (Å²) in [6.07, 6.45) is -1.59. The Labute approximate surface area is 179 Å². The zero-order valence-electron chi connectivity index (χ0n) is 15.9. The van der Waals surface area contributed by atoms with Gasteiger partial charge in [-0.05, 0) is 44.1 Å². The monoisotopic (exact) mass is 446 g/mol. The van der Waals surface area contributed by atoms with Gasteiger partial charge in [0.25, 0.3) is 5.91 Å². The fraction of sp³-hybridized carbons (Fsp3) is 0.381. The SMILES string of the molecule is CN1CCCC[C@H]1[C@@H](NC(=O)c1cccc(C(F)(F)F)c1Cl)c1ccccc1.Cl. The third-order valence-corrected chi connectivity index (χ3v) is 5.61. The van der Waals surface area contributed by atoms with Gasteiger partial charge < -0.3 is 10.2 Å². The van der Waals surface area contributed by atoms with E-state index < -0.39 is 22.7 Å². The minimum Gasteiger partial charge on any atom is -0.344 e. The van der Waals surface area contributed by atoms with E-state index in [2.05, 4.69) is 10.2 Å². The third-order valence-electron chi connectivity index (χ3n) is 5.21. The number of nitrogens with zero attached hydrogens (tertiary/aromatic N) is 1. The predicted octanol–water partition coefficient (Wildman–Crippen LogP) is 5.74. The molecular formula is C21H23Cl2F3N2O. The molecule has 8 heteroatoms. The van der Waals surface area contributed by atoms with Crippen LogP contribution in [0.1, 0.15) is 46.8 Å². The molecule has 0 saturated carbocycles. The molecule has 1 saturated heterocycles. The lowest BCUT2D eigenvalue weighted by Crippen LogP contribution is -2.47. The Morgan fingerprint density at radius 1 is 1.14 bits per heavy atom. The van der Waals surface area contributed by atoms with Crippen molar-refractivity contribution >= 4 is 29.9 Å². The van der Waals surface area contributed by atoms with E-state index in [9.17, 15) is 18.0 Å². The van der Waals surface area contributed by atoms with Crippen molar-refractivity contribution in [3.8, 4) is 0 Å². The minimum atomic E-state index is -4.62. The van der Waals surface area contributed by atoms with Crippen molar-refractivity contribution in [2.24, 2.45) is 0 Å². The highest BCUT2D eigenvalue weighted by Crippen LogP contribution is 2.36. The van der Waals surface area contributed by atoms with Crippen molar-refractivity contribution in [2.45, 2.75) is 37.5 Å². The van der Waals surface area contributed by atoms with Crippen molar-refractivity contribution in [2.75, 3.05) is 13.6 Å². The van der Waals surface area contributed by atoms with Gasteiger partial charge in [-0.2, -0.15) is 13.2 Å². The van der Waals surface area contributed by atoms with Gasteiger partial charge in [0.05, 0.1) is 22.2 Å². The average Bonchev–Trinajstić information content (AvgIpc) is 2.66. The van der Waals surface area contributed by atoms with E-state index in [0.29, 0.717) is 0 Å². The summed E-state index contributed by atoms with van der Waals surface area (Å²) in [4.78, 5) is 15.1. The number of benzene rings is 2. The molecule has 2 aromatic rings. The first-order valence-corrected chi connectivity index (χ1v) is 9.58. The van der Waals surface area contributed by atoms with E-state index in [-0.39, 0.29) is 30.1 Å². The number of likely N-dealkylation sites (N-methyl/N-ethyl adjacent to an activating group) is 1. The lowest BCUT2D eigenvalue weighted by Gasteiger charge is -2.38. The number of halogens is 5. The van der Waals surface area contributed by atoms with E-state index in [1.54, 1.807) is 0 Å². The maximum atomic E-state index is 13.1. The van der Waals surface area contributed by atoms with Crippen LogP contribution < -0.4 is 5.32 Å². The summed E-state index contributed by atoms with van der Waals surface area (Å²) >= 11 is 5.94. The van der Waals surface area contributed by atoms with Gasteiger partial charge in [-0.3, -0.25) is 4.79 Å². The van der Waals surface area contributed by atoms with Crippen molar-refractivity contribution in [3.05, 3.63) is 70.2 Å². The van der Waals surface area contributed by atoms with Crippen LogP contribution in [-0.2, 0) is 6.18 Å². The number of carbonyl (C=O) groups excluding carboxylic acids is 1. The molecule has 0 aliphatic carbocycles. The first kappa shape index (κ1) is 23.5. The molecule has 1 aliphatic heterocycles. The van der Waals surface area contributed by atoms with E-state index >= 15 is 0 Å². The topological polar surface area (TPSA) is 32.3 Å². The van der Waals surface area contributed by atoms with Gasteiger partial charge in [-0.1, -0.05) is 54.4 Å².